The van der Waals surface area contributed by atoms with Crippen molar-refractivity contribution in [2.75, 3.05) is 6.61 Å². The van der Waals surface area contributed by atoms with Crippen LogP contribution >= 0.6 is 11.6 Å². The summed E-state index contributed by atoms with van der Waals surface area (Å²) >= 11 is 5.99. The Balaban J connectivity index is 1.88. The Morgan fingerprint density at radius 1 is 0.966 bits per heavy atom. The number of hydrogen-bond acceptors (Lipinski definition) is 4. The van der Waals surface area contributed by atoms with Gasteiger partial charge >= 0.3 is 13.1 Å². The van der Waals surface area contributed by atoms with Gasteiger partial charge in [0.05, 0.1) is 24.2 Å². The SMILES string of the molecule is CCOC(=O)CC(B1OC(C)(C)C(C)(C)O1)c1ccc(-c2ccc(Cl)cc2)cc1. The predicted octanol–water partition coefficient (Wildman–Crippen LogP) is 5.68. The molecule has 1 unspecified atom stereocenters. The number of carbonyl (C=O) groups is 1. The highest BCUT2D eigenvalue weighted by molar-refractivity contribution is 6.48. The molecule has 1 heterocycles. The maximum absolute atomic E-state index is 12.3. The summed E-state index contributed by atoms with van der Waals surface area (Å²) < 4.78 is 17.7. The summed E-state index contributed by atoms with van der Waals surface area (Å²) in [5, 5.41) is 0.709. The first-order valence-electron chi connectivity index (χ1n) is 10.00. The fraction of sp³-hybridized carbons (Fsp3) is 0.435. The van der Waals surface area contributed by atoms with E-state index in [9.17, 15) is 4.79 Å². The lowest BCUT2D eigenvalue weighted by molar-refractivity contribution is -0.143. The Kier molecular flexibility index (Phi) is 6.42. The van der Waals surface area contributed by atoms with Gasteiger partial charge in [0.25, 0.3) is 0 Å². The topological polar surface area (TPSA) is 44.8 Å². The molecule has 29 heavy (non-hydrogen) atoms. The quantitative estimate of drug-likeness (QED) is 0.451. The minimum Gasteiger partial charge on any atom is -0.466 e. The van der Waals surface area contributed by atoms with Crippen molar-refractivity contribution in [1.82, 2.24) is 0 Å². The molecule has 0 spiro atoms. The van der Waals surface area contributed by atoms with Crippen LogP contribution in [0, 0.1) is 0 Å². The standard InChI is InChI=1S/C23H28BClO4/c1-6-27-21(26)15-20(24-28-22(2,3)23(4,5)29-24)18-9-7-16(8-10-18)17-11-13-19(25)14-12-17/h7-14,20H,6,15H2,1-5H3. The van der Waals surface area contributed by atoms with Crippen LogP contribution in [0.3, 0.4) is 0 Å². The molecule has 0 N–H and O–H groups in total. The van der Waals surface area contributed by atoms with E-state index in [4.69, 9.17) is 25.6 Å². The second-order valence-corrected chi connectivity index (χ2v) is 8.81. The molecule has 0 amide bonds. The molecule has 0 bridgehead atoms. The molecule has 0 aliphatic carbocycles. The lowest BCUT2D eigenvalue weighted by atomic mass is 9.66. The highest BCUT2D eigenvalue weighted by atomic mass is 35.5. The summed E-state index contributed by atoms with van der Waals surface area (Å²) in [6, 6.07) is 15.9. The largest absolute Gasteiger partial charge is 0.466 e. The van der Waals surface area contributed by atoms with E-state index in [0.29, 0.717) is 11.6 Å². The fourth-order valence-electron chi connectivity index (χ4n) is 3.39. The second kappa shape index (κ2) is 8.51. The van der Waals surface area contributed by atoms with E-state index in [0.717, 1.165) is 16.7 Å². The summed E-state index contributed by atoms with van der Waals surface area (Å²) in [6.07, 6.45) is 0.199. The molecule has 0 saturated carbocycles. The Hall–Kier alpha value is -1.82. The maximum Gasteiger partial charge on any atom is 0.466 e. The van der Waals surface area contributed by atoms with Gasteiger partial charge in [-0.2, -0.15) is 0 Å². The second-order valence-electron chi connectivity index (χ2n) is 8.37. The third-order valence-corrected chi connectivity index (χ3v) is 6.06. The summed E-state index contributed by atoms with van der Waals surface area (Å²) in [5.41, 5.74) is 2.21. The molecule has 1 aliphatic rings. The third kappa shape index (κ3) is 4.85. The van der Waals surface area contributed by atoms with E-state index >= 15 is 0 Å². The molecule has 0 aromatic heterocycles. The smallest absolute Gasteiger partial charge is 0.466 e. The summed E-state index contributed by atoms with van der Waals surface area (Å²) in [4.78, 5) is 12.3. The van der Waals surface area contributed by atoms with E-state index in [1.165, 1.54) is 0 Å². The van der Waals surface area contributed by atoms with E-state index in [-0.39, 0.29) is 18.2 Å². The Bertz CT molecular complexity index is 830. The van der Waals surface area contributed by atoms with Crippen LogP contribution in [0.5, 0.6) is 0 Å². The van der Waals surface area contributed by atoms with Crippen molar-refractivity contribution in [2.45, 2.75) is 58.1 Å². The summed E-state index contributed by atoms with van der Waals surface area (Å²) in [6.45, 7) is 10.2. The Morgan fingerprint density at radius 2 is 1.45 bits per heavy atom. The van der Waals surface area contributed by atoms with Crippen molar-refractivity contribution < 1.29 is 18.8 Å². The first-order valence-corrected chi connectivity index (χ1v) is 10.4. The third-order valence-electron chi connectivity index (χ3n) is 5.81. The average molecular weight is 415 g/mol. The van der Waals surface area contributed by atoms with Gasteiger partial charge < -0.3 is 14.0 Å². The van der Waals surface area contributed by atoms with Gasteiger partial charge in [-0.25, -0.2) is 0 Å². The van der Waals surface area contributed by atoms with Crippen LogP contribution in [0.25, 0.3) is 11.1 Å². The molecule has 1 aliphatic heterocycles. The number of ether oxygens (including phenoxy) is 1. The van der Waals surface area contributed by atoms with E-state index < -0.39 is 18.3 Å². The van der Waals surface area contributed by atoms with Crippen molar-refractivity contribution in [3.05, 3.63) is 59.1 Å². The van der Waals surface area contributed by atoms with Crippen LogP contribution in [-0.2, 0) is 18.8 Å². The molecule has 2 aromatic carbocycles. The average Bonchev–Trinajstić information content (AvgIpc) is 2.88. The molecular weight excluding hydrogens is 387 g/mol. The minimum absolute atomic E-state index is 0.199. The highest BCUT2D eigenvalue weighted by Crippen LogP contribution is 2.42. The maximum atomic E-state index is 12.3. The van der Waals surface area contributed by atoms with E-state index in [2.05, 4.69) is 0 Å². The number of carbonyl (C=O) groups excluding carboxylic acids is 1. The van der Waals surface area contributed by atoms with Gasteiger partial charge in [0, 0.05) is 10.8 Å². The first kappa shape index (κ1) is 21.9. The van der Waals surface area contributed by atoms with Gasteiger partial charge in [-0.3, -0.25) is 4.79 Å². The zero-order chi connectivity index (χ0) is 21.2. The van der Waals surface area contributed by atoms with Crippen LogP contribution in [0.2, 0.25) is 5.02 Å². The molecule has 4 nitrogen and oxygen atoms in total. The van der Waals surface area contributed by atoms with Crippen LogP contribution in [-0.4, -0.2) is 30.9 Å². The van der Waals surface area contributed by atoms with Gasteiger partial charge in [-0.1, -0.05) is 48.0 Å². The van der Waals surface area contributed by atoms with Crippen LogP contribution < -0.4 is 0 Å². The van der Waals surface area contributed by atoms with Crippen molar-refractivity contribution in [3.8, 4) is 11.1 Å². The molecule has 2 aromatic rings. The van der Waals surface area contributed by atoms with Crippen LogP contribution in [0.1, 0.15) is 52.4 Å². The van der Waals surface area contributed by atoms with Crippen molar-refractivity contribution in [2.24, 2.45) is 0 Å². The lowest BCUT2D eigenvalue weighted by Gasteiger charge is -2.32. The molecule has 1 saturated heterocycles. The van der Waals surface area contributed by atoms with Crippen molar-refractivity contribution in [1.29, 1.82) is 0 Å². The zero-order valence-electron chi connectivity index (χ0n) is 17.7. The lowest BCUT2D eigenvalue weighted by Crippen LogP contribution is -2.41. The molecular formula is C23H28BClO4. The molecule has 6 heteroatoms. The summed E-state index contributed by atoms with van der Waals surface area (Å²) in [7, 11) is -0.522. The molecule has 0 radical (unpaired) electrons. The minimum atomic E-state index is -0.522. The molecule has 3 rings (SSSR count). The summed E-state index contributed by atoms with van der Waals surface area (Å²) in [5.74, 6) is -0.511. The van der Waals surface area contributed by atoms with Crippen molar-refractivity contribution in [3.63, 3.8) is 0 Å². The zero-order valence-corrected chi connectivity index (χ0v) is 18.5. The Morgan fingerprint density at radius 3 is 1.93 bits per heavy atom. The molecule has 154 valence electrons. The number of rotatable bonds is 6. The van der Waals surface area contributed by atoms with E-state index in [1.54, 1.807) is 0 Å². The van der Waals surface area contributed by atoms with Gasteiger partial charge in [0.15, 0.2) is 0 Å². The number of esters is 1. The number of hydrogen-bond donors (Lipinski definition) is 0. The van der Waals surface area contributed by atoms with Gasteiger partial charge in [0.1, 0.15) is 0 Å². The van der Waals surface area contributed by atoms with Gasteiger partial charge in [-0.05, 0) is 63.4 Å². The van der Waals surface area contributed by atoms with Crippen LogP contribution in [0.15, 0.2) is 48.5 Å². The fourth-order valence-corrected chi connectivity index (χ4v) is 3.51. The van der Waals surface area contributed by atoms with Gasteiger partial charge in [0.2, 0.25) is 0 Å². The normalized spacial score (nSPS) is 18.5. The highest BCUT2D eigenvalue weighted by Gasteiger charge is 2.54. The monoisotopic (exact) mass is 414 g/mol. The molecule has 1 fully saturated rings. The number of halogens is 1. The van der Waals surface area contributed by atoms with Crippen LogP contribution in [0.4, 0.5) is 0 Å². The molecule has 1 atom stereocenters. The predicted molar refractivity (Wildman–Crippen MR) is 117 cm³/mol. The van der Waals surface area contributed by atoms with Gasteiger partial charge in [-0.15, -0.1) is 0 Å². The first-order chi connectivity index (χ1) is 13.6. The Labute approximate surface area is 178 Å². The number of benzene rings is 2. The van der Waals surface area contributed by atoms with Crippen molar-refractivity contribution >= 4 is 24.7 Å². The van der Waals surface area contributed by atoms with E-state index in [1.807, 2.05) is 83.1 Å².